The van der Waals surface area contributed by atoms with Gasteiger partial charge >= 0.3 is 0 Å². The third-order valence-corrected chi connectivity index (χ3v) is 6.60. The van der Waals surface area contributed by atoms with Crippen molar-refractivity contribution in [2.45, 2.75) is 50.6 Å². The average Bonchev–Trinajstić information content (AvgIpc) is 3.18. The molecule has 1 saturated heterocycles. The lowest BCUT2D eigenvalue weighted by Crippen LogP contribution is -2.52. The van der Waals surface area contributed by atoms with Gasteiger partial charge in [-0.05, 0) is 43.2 Å². The first-order valence-corrected chi connectivity index (χ1v) is 9.52. The van der Waals surface area contributed by atoms with Gasteiger partial charge in [0.1, 0.15) is 0 Å². The van der Waals surface area contributed by atoms with E-state index in [1.165, 1.54) is 19.3 Å². The van der Waals surface area contributed by atoms with E-state index in [2.05, 4.69) is 22.8 Å². The molecular weight excluding hydrogens is 298 g/mol. The van der Waals surface area contributed by atoms with Crippen LogP contribution in [-0.2, 0) is 4.79 Å². The van der Waals surface area contributed by atoms with Gasteiger partial charge in [-0.2, -0.15) is 0 Å². The van der Waals surface area contributed by atoms with Crippen LogP contribution < -0.4 is 16.4 Å². The zero-order valence-electron chi connectivity index (χ0n) is 14.3. The number of rotatable bonds is 5. The van der Waals surface area contributed by atoms with Crippen molar-refractivity contribution in [1.82, 2.24) is 10.6 Å². The molecule has 4 rings (SSSR count). The van der Waals surface area contributed by atoms with Gasteiger partial charge in [0.15, 0.2) is 0 Å². The summed E-state index contributed by atoms with van der Waals surface area (Å²) in [5, 5.41) is 6.61. The van der Waals surface area contributed by atoms with Crippen molar-refractivity contribution in [3.8, 4) is 0 Å². The van der Waals surface area contributed by atoms with Gasteiger partial charge in [0.25, 0.3) is 0 Å². The van der Waals surface area contributed by atoms with Gasteiger partial charge < -0.3 is 16.4 Å². The molecule has 24 heavy (non-hydrogen) atoms. The summed E-state index contributed by atoms with van der Waals surface area (Å²) >= 11 is 0. The molecule has 130 valence electrons. The lowest BCUT2D eigenvalue weighted by atomic mass is 9.76. The van der Waals surface area contributed by atoms with E-state index in [-0.39, 0.29) is 23.4 Å². The Morgan fingerprint density at radius 3 is 2.58 bits per heavy atom. The van der Waals surface area contributed by atoms with Gasteiger partial charge in [0.05, 0.1) is 12.1 Å². The Balaban J connectivity index is 1.50. The van der Waals surface area contributed by atoms with Gasteiger partial charge in [-0.25, -0.2) is 0 Å². The number of carbonyl (C=O) groups excluding carboxylic acids is 1. The minimum atomic E-state index is -0.222. The number of piperidine rings is 1. The lowest BCUT2D eigenvalue weighted by molar-refractivity contribution is -0.125. The van der Waals surface area contributed by atoms with E-state index in [0.717, 1.165) is 37.9 Å². The summed E-state index contributed by atoms with van der Waals surface area (Å²) in [6.45, 7) is 1.99. The van der Waals surface area contributed by atoms with Crippen LogP contribution in [0.15, 0.2) is 30.3 Å². The molecular formula is C20H29N3O. The number of hydrogen-bond acceptors (Lipinski definition) is 3. The largest absolute Gasteiger partial charge is 0.340 e. The van der Waals surface area contributed by atoms with Crippen molar-refractivity contribution < 1.29 is 4.79 Å². The fourth-order valence-electron chi connectivity index (χ4n) is 5.01. The maximum Gasteiger partial charge on any atom is 0.229 e. The summed E-state index contributed by atoms with van der Waals surface area (Å²) in [5.41, 5.74) is 7.69. The Labute approximate surface area is 144 Å². The highest BCUT2D eigenvalue weighted by Crippen LogP contribution is 2.56. The summed E-state index contributed by atoms with van der Waals surface area (Å²) in [5.74, 6) is 1.17. The van der Waals surface area contributed by atoms with Crippen LogP contribution in [0.4, 0.5) is 0 Å². The summed E-state index contributed by atoms with van der Waals surface area (Å²) in [6.07, 6.45) is 7.01. The average molecular weight is 327 g/mol. The van der Waals surface area contributed by atoms with Gasteiger partial charge in [-0.15, -0.1) is 0 Å². The van der Waals surface area contributed by atoms with Gasteiger partial charge in [0.2, 0.25) is 5.91 Å². The Kier molecular flexibility index (Phi) is 4.35. The van der Waals surface area contributed by atoms with Gasteiger partial charge in [-0.1, -0.05) is 49.6 Å². The van der Waals surface area contributed by atoms with E-state index in [1.807, 2.05) is 18.2 Å². The smallest absolute Gasteiger partial charge is 0.229 e. The second kappa shape index (κ2) is 6.49. The quantitative estimate of drug-likeness (QED) is 0.727. The zero-order chi connectivity index (χ0) is 16.6. The molecule has 4 nitrogen and oxygen atoms in total. The Hall–Kier alpha value is -1.39. The summed E-state index contributed by atoms with van der Waals surface area (Å²) in [7, 11) is 0. The monoisotopic (exact) mass is 327 g/mol. The first-order valence-electron chi connectivity index (χ1n) is 9.52. The number of nitrogens with one attached hydrogen (secondary N) is 2. The minimum absolute atomic E-state index is 0.0551. The van der Waals surface area contributed by atoms with Crippen molar-refractivity contribution in [2.24, 2.45) is 23.0 Å². The summed E-state index contributed by atoms with van der Waals surface area (Å²) in [4.78, 5) is 13.2. The molecule has 4 atom stereocenters. The normalized spacial score (nSPS) is 32.0. The van der Waals surface area contributed by atoms with Crippen LogP contribution in [-0.4, -0.2) is 25.2 Å². The molecule has 0 radical (unpaired) electrons. The number of benzene rings is 1. The lowest BCUT2D eigenvalue weighted by Gasteiger charge is -2.32. The first-order chi connectivity index (χ1) is 11.7. The Bertz CT molecular complexity index is 584. The van der Waals surface area contributed by atoms with Crippen LogP contribution in [0.2, 0.25) is 0 Å². The van der Waals surface area contributed by atoms with Crippen molar-refractivity contribution in [3.05, 3.63) is 35.9 Å². The maximum absolute atomic E-state index is 13.2. The second-order valence-electron chi connectivity index (χ2n) is 8.04. The number of fused-ring (bicyclic) bond motifs is 1. The summed E-state index contributed by atoms with van der Waals surface area (Å²) < 4.78 is 0. The SMILES string of the molecule is NC(NC(=O)[C@H](c1ccccc1)C1CCCCC1)C12CNCC1C2. The van der Waals surface area contributed by atoms with Crippen molar-refractivity contribution in [2.75, 3.05) is 13.1 Å². The van der Waals surface area contributed by atoms with Crippen LogP contribution in [0.1, 0.15) is 50.0 Å². The molecule has 0 aromatic heterocycles. The predicted molar refractivity (Wildman–Crippen MR) is 95.3 cm³/mol. The fraction of sp³-hybridized carbons (Fsp3) is 0.650. The van der Waals surface area contributed by atoms with Crippen LogP contribution in [0, 0.1) is 17.3 Å². The van der Waals surface area contributed by atoms with Crippen molar-refractivity contribution in [1.29, 1.82) is 0 Å². The van der Waals surface area contributed by atoms with E-state index in [1.54, 1.807) is 0 Å². The number of hydrogen-bond donors (Lipinski definition) is 3. The Morgan fingerprint density at radius 2 is 1.96 bits per heavy atom. The topological polar surface area (TPSA) is 67.1 Å². The van der Waals surface area contributed by atoms with Crippen LogP contribution in [0.25, 0.3) is 0 Å². The fourth-order valence-corrected chi connectivity index (χ4v) is 5.01. The highest BCUT2D eigenvalue weighted by molar-refractivity contribution is 5.84. The third-order valence-electron chi connectivity index (χ3n) is 6.60. The third kappa shape index (κ3) is 2.86. The molecule has 3 unspecified atom stereocenters. The number of nitrogens with two attached hydrogens (primary N) is 1. The standard InChI is InChI=1S/C20H29N3O/c21-19(20-11-16(20)12-22-13-20)23-18(24)17(14-7-3-1-4-8-14)15-9-5-2-6-10-15/h1,3-4,7-8,15-17,19,22H,2,5-6,9-13,21H2,(H,23,24)/t16?,17-,19?,20?/m1/s1. The molecule has 2 saturated carbocycles. The molecule has 1 amide bonds. The molecule has 3 fully saturated rings. The molecule has 0 spiro atoms. The highest BCUT2D eigenvalue weighted by Gasteiger charge is 2.61. The zero-order valence-corrected chi connectivity index (χ0v) is 14.3. The molecule has 1 aliphatic heterocycles. The highest BCUT2D eigenvalue weighted by atomic mass is 16.2. The van der Waals surface area contributed by atoms with Crippen LogP contribution in [0.5, 0.6) is 0 Å². The Morgan fingerprint density at radius 1 is 1.21 bits per heavy atom. The van der Waals surface area contributed by atoms with Crippen LogP contribution in [0.3, 0.4) is 0 Å². The van der Waals surface area contributed by atoms with E-state index >= 15 is 0 Å². The van der Waals surface area contributed by atoms with Crippen molar-refractivity contribution in [3.63, 3.8) is 0 Å². The molecule has 2 aliphatic carbocycles. The van der Waals surface area contributed by atoms with E-state index < -0.39 is 0 Å². The van der Waals surface area contributed by atoms with Gasteiger partial charge in [-0.3, -0.25) is 4.79 Å². The molecule has 1 aromatic rings. The van der Waals surface area contributed by atoms with E-state index in [9.17, 15) is 4.79 Å². The second-order valence-corrected chi connectivity index (χ2v) is 8.04. The molecule has 4 heteroatoms. The van der Waals surface area contributed by atoms with Gasteiger partial charge in [0, 0.05) is 12.0 Å². The predicted octanol–water partition coefficient (Wildman–Crippen LogP) is 2.36. The number of amides is 1. The first kappa shape index (κ1) is 16.1. The van der Waals surface area contributed by atoms with Crippen LogP contribution >= 0.6 is 0 Å². The molecule has 3 aliphatic rings. The van der Waals surface area contributed by atoms with E-state index in [0.29, 0.717) is 11.8 Å². The van der Waals surface area contributed by atoms with Crippen molar-refractivity contribution >= 4 is 5.91 Å². The molecule has 4 N–H and O–H groups in total. The molecule has 1 aromatic carbocycles. The maximum atomic E-state index is 13.2. The van der Waals surface area contributed by atoms with E-state index in [4.69, 9.17) is 5.73 Å². The minimum Gasteiger partial charge on any atom is -0.340 e. The molecule has 1 heterocycles. The summed E-state index contributed by atoms with van der Waals surface area (Å²) in [6, 6.07) is 10.3. The number of carbonyl (C=O) groups is 1. The molecule has 0 bridgehead atoms.